The topological polar surface area (TPSA) is 47.0 Å². The lowest BCUT2D eigenvalue weighted by molar-refractivity contribution is 0.415. The SMILES string of the molecule is COc1ccc(-c2nc(C)cc(NC3CC3)n2)cc1. The molecule has 0 radical (unpaired) electrons. The van der Waals surface area contributed by atoms with Crippen LogP contribution in [0.5, 0.6) is 5.75 Å². The van der Waals surface area contributed by atoms with E-state index in [0.29, 0.717) is 6.04 Å². The van der Waals surface area contributed by atoms with Crippen molar-refractivity contribution in [3.8, 4) is 17.1 Å². The summed E-state index contributed by atoms with van der Waals surface area (Å²) in [5.41, 5.74) is 1.98. The van der Waals surface area contributed by atoms with Crippen molar-refractivity contribution in [3.05, 3.63) is 36.0 Å². The molecule has 98 valence electrons. The highest BCUT2D eigenvalue weighted by molar-refractivity contribution is 5.58. The fourth-order valence-electron chi connectivity index (χ4n) is 1.95. The predicted molar refractivity (Wildman–Crippen MR) is 75.4 cm³/mol. The van der Waals surface area contributed by atoms with E-state index < -0.39 is 0 Å². The molecule has 4 nitrogen and oxygen atoms in total. The smallest absolute Gasteiger partial charge is 0.161 e. The molecule has 0 spiro atoms. The van der Waals surface area contributed by atoms with Gasteiger partial charge in [0.1, 0.15) is 11.6 Å². The maximum atomic E-state index is 5.16. The van der Waals surface area contributed by atoms with Gasteiger partial charge in [0.2, 0.25) is 0 Å². The molecule has 1 fully saturated rings. The van der Waals surface area contributed by atoms with Crippen molar-refractivity contribution in [2.45, 2.75) is 25.8 Å². The number of hydrogen-bond acceptors (Lipinski definition) is 4. The Morgan fingerprint density at radius 2 is 1.89 bits per heavy atom. The largest absolute Gasteiger partial charge is 0.497 e. The first-order valence-electron chi connectivity index (χ1n) is 6.51. The molecule has 1 saturated carbocycles. The second kappa shape index (κ2) is 4.88. The Kier molecular flexibility index (Phi) is 3.07. The Morgan fingerprint density at radius 1 is 1.16 bits per heavy atom. The highest BCUT2D eigenvalue weighted by Crippen LogP contribution is 2.26. The van der Waals surface area contributed by atoms with Crippen LogP contribution in [0.15, 0.2) is 30.3 Å². The molecule has 19 heavy (non-hydrogen) atoms. The number of rotatable bonds is 4. The van der Waals surface area contributed by atoms with Gasteiger partial charge < -0.3 is 10.1 Å². The lowest BCUT2D eigenvalue weighted by atomic mass is 10.2. The molecule has 0 atom stereocenters. The van der Waals surface area contributed by atoms with Gasteiger partial charge >= 0.3 is 0 Å². The number of ether oxygens (including phenoxy) is 1. The summed E-state index contributed by atoms with van der Waals surface area (Å²) in [4.78, 5) is 9.07. The summed E-state index contributed by atoms with van der Waals surface area (Å²) in [6.45, 7) is 1.99. The van der Waals surface area contributed by atoms with Gasteiger partial charge in [-0.15, -0.1) is 0 Å². The maximum Gasteiger partial charge on any atom is 0.161 e. The molecular formula is C15H17N3O. The summed E-state index contributed by atoms with van der Waals surface area (Å²) in [5.74, 6) is 2.51. The van der Waals surface area contributed by atoms with E-state index in [4.69, 9.17) is 4.74 Å². The van der Waals surface area contributed by atoms with Gasteiger partial charge in [-0.1, -0.05) is 0 Å². The van der Waals surface area contributed by atoms with E-state index >= 15 is 0 Å². The van der Waals surface area contributed by atoms with Crippen LogP contribution in [0, 0.1) is 6.92 Å². The van der Waals surface area contributed by atoms with Crippen molar-refractivity contribution in [1.29, 1.82) is 0 Å². The number of nitrogens with one attached hydrogen (secondary N) is 1. The monoisotopic (exact) mass is 255 g/mol. The van der Waals surface area contributed by atoms with Gasteiger partial charge in [-0.2, -0.15) is 0 Å². The van der Waals surface area contributed by atoms with E-state index in [0.717, 1.165) is 28.6 Å². The molecule has 0 bridgehead atoms. The molecular weight excluding hydrogens is 238 g/mol. The molecule has 0 unspecified atom stereocenters. The quantitative estimate of drug-likeness (QED) is 0.912. The molecule has 1 heterocycles. The molecule has 1 aromatic heterocycles. The lowest BCUT2D eigenvalue weighted by Crippen LogP contribution is -2.05. The first-order valence-corrected chi connectivity index (χ1v) is 6.51. The lowest BCUT2D eigenvalue weighted by Gasteiger charge is -2.08. The van der Waals surface area contributed by atoms with Crippen LogP contribution in [0.2, 0.25) is 0 Å². The number of methoxy groups -OCH3 is 1. The van der Waals surface area contributed by atoms with Gasteiger partial charge in [-0.25, -0.2) is 9.97 Å². The Balaban J connectivity index is 1.91. The van der Waals surface area contributed by atoms with Crippen LogP contribution in [0.3, 0.4) is 0 Å². The fraction of sp³-hybridized carbons (Fsp3) is 0.333. The van der Waals surface area contributed by atoms with E-state index in [1.165, 1.54) is 12.8 Å². The number of anilines is 1. The van der Waals surface area contributed by atoms with Gasteiger partial charge in [0.05, 0.1) is 7.11 Å². The minimum absolute atomic E-state index is 0.595. The zero-order valence-corrected chi connectivity index (χ0v) is 11.2. The number of nitrogens with zero attached hydrogens (tertiary/aromatic N) is 2. The predicted octanol–water partition coefficient (Wildman–Crippen LogP) is 3.03. The van der Waals surface area contributed by atoms with E-state index in [9.17, 15) is 0 Å². The zero-order valence-electron chi connectivity index (χ0n) is 11.2. The molecule has 0 saturated heterocycles. The number of benzene rings is 1. The summed E-state index contributed by atoms with van der Waals surface area (Å²) >= 11 is 0. The third-order valence-electron chi connectivity index (χ3n) is 3.13. The van der Waals surface area contributed by atoms with Crippen molar-refractivity contribution in [3.63, 3.8) is 0 Å². The Bertz CT molecular complexity index is 576. The Hall–Kier alpha value is -2.10. The van der Waals surface area contributed by atoms with Crippen LogP contribution in [0.25, 0.3) is 11.4 Å². The van der Waals surface area contributed by atoms with Crippen molar-refractivity contribution in [2.24, 2.45) is 0 Å². The summed E-state index contributed by atoms with van der Waals surface area (Å²) in [7, 11) is 1.66. The first-order chi connectivity index (χ1) is 9.24. The third kappa shape index (κ3) is 2.84. The zero-order chi connectivity index (χ0) is 13.2. The molecule has 1 aliphatic rings. The highest BCUT2D eigenvalue weighted by Gasteiger charge is 2.21. The Labute approximate surface area is 112 Å². The van der Waals surface area contributed by atoms with Gasteiger partial charge in [0, 0.05) is 23.4 Å². The van der Waals surface area contributed by atoms with Gasteiger partial charge in [0.15, 0.2) is 5.82 Å². The standard InChI is InChI=1S/C15H17N3O/c1-10-9-14(17-12-5-6-12)18-15(16-10)11-3-7-13(19-2)8-4-11/h3-4,7-9,12H,5-6H2,1-2H3,(H,16,17,18). The Morgan fingerprint density at radius 3 is 2.53 bits per heavy atom. The van der Waals surface area contributed by atoms with E-state index in [1.54, 1.807) is 7.11 Å². The normalized spacial score (nSPS) is 14.2. The van der Waals surface area contributed by atoms with Crippen molar-refractivity contribution in [1.82, 2.24) is 9.97 Å². The number of hydrogen-bond donors (Lipinski definition) is 1. The molecule has 1 aliphatic carbocycles. The van der Waals surface area contributed by atoms with E-state index in [2.05, 4.69) is 15.3 Å². The average Bonchev–Trinajstić information content (AvgIpc) is 3.22. The van der Waals surface area contributed by atoms with Crippen LogP contribution in [0.4, 0.5) is 5.82 Å². The summed E-state index contributed by atoms with van der Waals surface area (Å²) < 4.78 is 5.16. The van der Waals surface area contributed by atoms with Crippen molar-refractivity contribution < 1.29 is 4.74 Å². The van der Waals surface area contributed by atoms with Gasteiger partial charge in [0.25, 0.3) is 0 Å². The molecule has 4 heteroatoms. The maximum absolute atomic E-state index is 5.16. The summed E-state index contributed by atoms with van der Waals surface area (Å²) in [6.07, 6.45) is 2.47. The molecule has 3 rings (SSSR count). The molecule has 2 aromatic rings. The van der Waals surface area contributed by atoms with Crippen LogP contribution in [0.1, 0.15) is 18.5 Å². The van der Waals surface area contributed by atoms with Crippen molar-refractivity contribution in [2.75, 3.05) is 12.4 Å². The van der Waals surface area contributed by atoms with Gasteiger partial charge in [-0.05, 0) is 44.0 Å². The fourth-order valence-corrected chi connectivity index (χ4v) is 1.95. The van der Waals surface area contributed by atoms with Crippen LogP contribution in [-0.4, -0.2) is 23.1 Å². The van der Waals surface area contributed by atoms with E-state index in [-0.39, 0.29) is 0 Å². The second-order valence-electron chi connectivity index (χ2n) is 4.87. The molecule has 1 aromatic carbocycles. The van der Waals surface area contributed by atoms with Crippen LogP contribution < -0.4 is 10.1 Å². The minimum atomic E-state index is 0.595. The summed E-state index contributed by atoms with van der Waals surface area (Å²) in [5, 5.41) is 3.41. The third-order valence-corrected chi connectivity index (χ3v) is 3.13. The summed E-state index contributed by atoms with van der Waals surface area (Å²) in [6, 6.07) is 10.4. The van der Waals surface area contributed by atoms with Gasteiger partial charge in [-0.3, -0.25) is 0 Å². The average molecular weight is 255 g/mol. The first kappa shape index (κ1) is 12.0. The molecule has 0 aliphatic heterocycles. The number of aromatic nitrogens is 2. The highest BCUT2D eigenvalue weighted by atomic mass is 16.5. The van der Waals surface area contributed by atoms with Crippen LogP contribution >= 0.6 is 0 Å². The van der Waals surface area contributed by atoms with Crippen molar-refractivity contribution >= 4 is 5.82 Å². The minimum Gasteiger partial charge on any atom is -0.497 e. The van der Waals surface area contributed by atoms with Crippen LogP contribution in [-0.2, 0) is 0 Å². The number of aryl methyl sites for hydroxylation is 1. The molecule has 0 amide bonds. The van der Waals surface area contributed by atoms with E-state index in [1.807, 2.05) is 37.3 Å². The second-order valence-corrected chi connectivity index (χ2v) is 4.87. The molecule has 1 N–H and O–H groups in total.